The molecule has 0 amide bonds. The Morgan fingerprint density at radius 3 is 2.74 bits per heavy atom. The van der Waals surface area contributed by atoms with Crippen LogP contribution in [0.25, 0.3) is 0 Å². The first kappa shape index (κ1) is 16.0. The largest absolute Gasteiger partial charge is 0.481 e. The van der Waals surface area contributed by atoms with E-state index < -0.39 is 5.97 Å². The van der Waals surface area contributed by atoms with Crippen LogP contribution in [0.4, 0.5) is 10.1 Å². The van der Waals surface area contributed by atoms with E-state index >= 15 is 0 Å². The van der Waals surface area contributed by atoms with Gasteiger partial charge in [0.05, 0.1) is 11.5 Å². The molecule has 1 aromatic carbocycles. The molecule has 0 aromatic heterocycles. The van der Waals surface area contributed by atoms with Crippen LogP contribution in [0.2, 0.25) is 0 Å². The molecule has 2 heterocycles. The van der Waals surface area contributed by atoms with Crippen molar-refractivity contribution < 1.29 is 14.3 Å². The normalized spacial score (nSPS) is 17.9. The molecule has 0 atom stereocenters. The van der Waals surface area contributed by atoms with Crippen molar-refractivity contribution >= 4 is 34.2 Å². The highest BCUT2D eigenvalue weighted by atomic mass is 32.2. The van der Waals surface area contributed by atoms with E-state index in [1.807, 2.05) is 6.07 Å². The van der Waals surface area contributed by atoms with Gasteiger partial charge in [-0.2, -0.15) is 5.10 Å². The van der Waals surface area contributed by atoms with E-state index in [1.165, 1.54) is 6.42 Å². The maximum Gasteiger partial charge on any atom is 0.313 e. The Hall–Kier alpha value is -1.89. The molecule has 0 saturated carbocycles. The number of halogens is 1. The fourth-order valence-corrected chi connectivity index (χ4v) is 3.42. The van der Waals surface area contributed by atoms with Gasteiger partial charge >= 0.3 is 5.97 Å². The molecule has 1 aromatic rings. The maximum atomic E-state index is 14.4. The van der Waals surface area contributed by atoms with Crippen LogP contribution in [-0.2, 0) is 4.79 Å². The van der Waals surface area contributed by atoms with Gasteiger partial charge in [-0.3, -0.25) is 4.79 Å². The van der Waals surface area contributed by atoms with E-state index in [2.05, 4.69) is 15.1 Å². The maximum absolute atomic E-state index is 14.4. The Kier molecular flexibility index (Phi) is 4.95. The number of carboxylic acids is 1. The van der Waals surface area contributed by atoms with Gasteiger partial charge in [-0.25, -0.2) is 4.39 Å². The average molecular weight is 335 g/mol. The first-order chi connectivity index (χ1) is 11.1. The Labute approximate surface area is 138 Å². The molecule has 1 fully saturated rings. The molecule has 23 heavy (non-hydrogen) atoms. The molecule has 5 nitrogen and oxygen atoms in total. The first-order valence-electron chi connectivity index (χ1n) is 7.66. The number of hydrogen-bond donors (Lipinski definition) is 1. The third kappa shape index (κ3) is 3.90. The van der Waals surface area contributed by atoms with E-state index in [-0.39, 0.29) is 11.6 Å². The number of thioether (sulfide) groups is 1. The summed E-state index contributed by atoms with van der Waals surface area (Å²) < 4.78 is 14.4. The van der Waals surface area contributed by atoms with Crippen molar-refractivity contribution in [3.63, 3.8) is 0 Å². The summed E-state index contributed by atoms with van der Waals surface area (Å²) >= 11 is 1.13. The van der Waals surface area contributed by atoms with Gasteiger partial charge < -0.3 is 10.0 Å². The molecular formula is C16H18FN3O2S. The monoisotopic (exact) mass is 335 g/mol. The molecule has 3 rings (SSSR count). The molecule has 1 N–H and O–H groups in total. The second kappa shape index (κ2) is 7.12. The van der Waals surface area contributed by atoms with Crippen LogP contribution in [0.3, 0.4) is 0 Å². The summed E-state index contributed by atoms with van der Waals surface area (Å²) in [5.41, 5.74) is 1.91. The number of benzene rings is 1. The van der Waals surface area contributed by atoms with Crippen LogP contribution in [-0.4, -0.2) is 40.7 Å². The summed E-state index contributed by atoms with van der Waals surface area (Å²) in [4.78, 5) is 12.8. The molecule has 1 saturated heterocycles. The average Bonchev–Trinajstić information content (AvgIpc) is 3.02. The van der Waals surface area contributed by atoms with E-state index in [0.717, 1.165) is 43.4 Å². The number of carbonyl (C=O) groups is 1. The first-order valence-corrected chi connectivity index (χ1v) is 8.65. The fraction of sp³-hybridized carbons (Fsp3) is 0.438. The Bertz CT molecular complexity index is 669. The summed E-state index contributed by atoms with van der Waals surface area (Å²) in [5, 5.41) is 17.2. The van der Waals surface area contributed by atoms with E-state index in [4.69, 9.17) is 5.11 Å². The number of rotatable bonds is 4. The Balaban J connectivity index is 1.66. The zero-order chi connectivity index (χ0) is 16.2. The number of anilines is 1. The lowest BCUT2D eigenvalue weighted by Gasteiger charge is -2.29. The van der Waals surface area contributed by atoms with Gasteiger partial charge in [0.1, 0.15) is 10.9 Å². The van der Waals surface area contributed by atoms with E-state index in [0.29, 0.717) is 22.7 Å². The summed E-state index contributed by atoms with van der Waals surface area (Å²) in [6, 6.07) is 5.23. The van der Waals surface area contributed by atoms with Crippen molar-refractivity contribution in [2.75, 3.05) is 23.7 Å². The molecule has 0 aliphatic carbocycles. The standard InChI is InChI=1S/C16H18FN3O2S/c17-13-8-11(20-6-2-1-3-7-20)4-5-12(13)14-9-15(19-18-14)23-10-16(21)22/h4-5,8H,1-3,6-7,9-10H2,(H,21,22). The molecule has 0 radical (unpaired) electrons. The second-order valence-electron chi connectivity index (χ2n) is 5.61. The van der Waals surface area contributed by atoms with Gasteiger partial charge in [0.25, 0.3) is 0 Å². The Morgan fingerprint density at radius 1 is 1.26 bits per heavy atom. The van der Waals surface area contributed by atoms with Crippen molar-refractivity contribution in [1.29, 1.82) is 0 Å². The Morgan fingerprint density at radius 2 is 2.04 bits per heavy atom. The topological polar surface area (TPSA) is 65.3 Å². The highest BCUT2D eigenvalue weighted by Gasteiger charge is 2.20. The number of nitrogens with zero attached hydrogens (tertiary/aromatic N) is 3. The summed E-state index contributed by atoms with van der Waals surface area (Å²) in [5.74, 6) is -1.26. The number of hydrogen-bond acceptors (Lipinski definition) is 5. The third-order valence-electron chi connectivity index (χ3n) is 3.95. The lowest BCUT2D eigenvalue weighted by atomic mass is 10.1. The van der Waals surface area contributed by atoms with Gasteiger partial charge in [0.2, 0.25) is 0 Å². The van der Waals surface area contributed by atoms with E-state index in [1.54, 1.807) is 12.1 Å². The van der Waals surface area contributed by atoms with Gasteiger partial charge in [0.15, 0.2) is 0 Å². The smallest absolute Gasteiger partial charge is 0.313 e. The molecular weight excluding hydrogens is 317 g/mol. The lowest BCUT2D eigenvalue weighted by Crippen LogP contribution is -2.29. The van der Waals surface area contributed by atoms with Crippen molar-refractivity contribution in [2.45, 2.75) is 25.7 Å². The quantitative estimate of drug-likeness (QED) is 0.918. The summed E-state index contributed by atoms with van der Waals surface area (Å²) in [6.07, 6.45) is 3.92. The molecule has 0 unspecified atom stereocenters. The molecule has 7 heteroatoms. The highest BCUT2D eigenvalue weighted by Crippen LogP contribution is 2.25. The van der Waals surface area contributed by atoms with Crippen LogP contribution in [0.5, 0.6) is 0 Å². The van der Waals surface area contributed by atoms with Crippen LogP contribution in [0.1, 0.15) is 31.2 Å². The molecule has 122 valence electrons. The fourth-order valence-electron chi connectivity index (χ4n) is 2.79. The van der Waals surface area contributed by atoms with Crippen LogP contribution >= 0.6 is 11.8 Å². The molecule has 0 bridgehead atoms. The number of carboxylic acid groups (broad SMARTS) is 1. The minimum absolute atomic E-state index is 0.0575. The van der Waals surface area contributed by atoms with Crippen LogP contribution in [0, 0.1) is 5.82 Å². The lowest BCUT2D eigenvalue weighted by molar-refractivity contribution is -0.133. The van der Waals surface area contributed by atoms with Crippen molar-refractivity contribution in [3.8, 4) is 0 Å². The van der Waals surface area contributed by atoms with Gasteiger partial charge in [-0.1, -0.05) is 11.8 Å². The van der Waals surface area contributed by atoms with Crippen molar-refractivity contribution in [2.24, 2.45) is 10.2 Å². The van der Waals surface area contributed by atoms with Crippen molar-refractivity contribution in [3.05, 3.63) is 29.6 Å². The predicted octanol–water partition coefficient (Wildman–Crippen LogP) is 3.14. The molecule has 2 aliphatic rings. The summed E-state index contributed by atoms with van der Waals surface area (Å²) in [7, 11) is 0. The van der Waals surface area contributed by atoms with Gasteiger partial charge in [-0.05, 0) is 37.5 Å². The SMILES string of the molecule is O=C(O)CSC1=NN=C(c2ccc(N3CCCCC3)cc2F)C1. The van der Waals surface area contributed by atoms with Crippen molar-refractivity contribution in [1.82, 2.24) is 0 Å². The van der Waals surface area contributed by atoms with Gasteiger partial charge in [0, 0.05) is 30.8 Å². The highest BCUT2D eigenvalue weighted by molar-refractivity contribution is 8.14. The predicted molar refractivity (Wildman–Crippen MR) is 91.1 cm³/mol. The van der Waals surface area contributed by atoms with Crippen LogP contribution < -0.4 is 4.90 Å². The minimum Gasteiger partial charge on any atom is -0.481 e. The van der Waals surface area contributed by atoms with Gasteiger partial charge in [-0.15, -0.1) is 5.10 Å². The molecule has 0 spiro atoms. The zero-order valence-corrected chi connectivity index (χ0v) is 13.5. The third-order valence-corrected chi connectivity index (χ3v) is 4.90. The number of aliphatic carboxylic acids is 1. The number of piperidine rings is 1. The summed E-state index contributed by atoms with van der Waals surface area (Å²) in [6.45, 7) is 1.94. The van der Waals surface area contributed by atoms with E-state index in [9.17, 15) is 9.18 Å². The second-order valence-corrected chi connectivity index (χ2v) is 6.66. The zero-order valence-electron chi connectivity index (χ0n) is 12.7. The minimum atomic E-state index is -0.900. The molecule has 2 aliphatic heterocycles. The van der Waals surface area contributed by atoms with Crippen LogP contribution in [0.15, 0.2) is 28.4 Å².